The lowest BCUT2D eigenvalue weighted by atomic mass is 10.2. The summed E-state index contributed by atoms with van der Waals surface area (Å²) in [4.78, 5) is 47.1. The van der Waals surface area contributed by atoms with Gasteiger partial charge in [0.05, 0.1) is 6.54 Å². The molecule has 0 atom stereocenters. The fourth-order valence-corrected chi connectivity index (χ4v) is 2.46. The van der Waals surface area contributed by atoms with Crippen molar-refractivity contribution in [1.82, 2.24) is 10.2 Å². The number of carbonyl (C=O) groups excluding carboxylic acids is 4. The first kappa shape index (κ1) is 18.7. The number of benzene rings is 1. The van der Waals surface area contributed by atoms with Gasteiger partial charge in [0.1, 0.15) is 0 Å². The number of amides is 4. The highest BCUT2D eigenvalue weighted by molar-refractivity contribution is 6.30. The molecule has 0 aliphatic carbocycles. The van der Waals surface area contributed by atoms with Gasteiger partial charge in [-0.1, -0.05) is 11.6 Å². The van der Waals surface area contributed by atoms with Gasteiger partial charge < -0.3 is 15.4 Å². The van der Waals surface area contributed by atoms with Crippen LogP contribution in [0.5, 0.6) is 0 Å². The topological polar surface area (TPSA) is 105 Å². The summed E-state index contributed by atoms with van der Waals surface area (Å²) < 4.78 is 4.88. The highest BCUT2D eigenvalue weighted by Gasteiger charge is 2.27. The average Bonchev–Trinajstić information content (AvgIpc) is 2.87. The molecule has 0 saturated carbocycles. The fourth-order valence-electron chi connectivity index (χ4n) is 2.23. The SMILES string of the molecule is Cc1cc(Cl)ccc1NC(=O)COC(=O)CCCN1C(=O)CNC1=O. The first-order chi connectivity index (χ1) is 11.9. The zero-order chi connectivity index (χ0) is 18.4. The summed E-state index contributed by atoms with van der Waals surface area (Å²) in [6, 6.07) is 4.55. The molecule has 25 heavy (non-hydrogen) atoms. The van der Waals surface area contributed by atoms with Crippen LogP contribution >= 0.6 is 11.6 Å². The Kier molecular flexibility index (Phi) is 6.35. The second-order valence-corrected chi connectivity index (χ2v) is 5.91. The van der Waals surface area contributed by atoms with Gasteiger partial charge in [0.15, 0.2) is 6.61 Å². The van der Waals surface area contributed by atoms with E-state index in [9.17, 15) is 19.2 Å². The first-order valence-electron chi connectivity index (χ1n) is 7.66. The fraction of sp³-hybridized carbons (Fsp3) is 0.375. The minimum atomic E-state index is -0.574. The van der Waals surface area contributed by atoms with E-state index in [-0.39, 0.29) is 31.8 Å². The summed E-state index contributed by atoms with van der Waals surface area (Å²) in [6.45, 7) is 1.50. The third kappa shape index (κ3) is 5.46. The van der Waals surface area contributed by atoms with Crippen molar-refractivity contribution in [1.29, 1.82) is 0 Å². The molecule has 0 bridgehead atoms. The molecule has 0 aromatic heterocycles. The molecule has 0 radical (unpaired) electrons. The van der Waals surface area contributed by atoms with Crippen LogP contribution in [0.15, 0.2) is 18.2 Å². The molecule has 4 amide bonds. The van der Waals surface area contributed by atoms with Crippen LogP contribution in [-0.4, -0.2) is 48.4 Å². The number of hydrogen-bond acceptors (Lipinski definition) is 5. The van der Waals surface area contributed by atoms with Gasteiger partial charge in [-0.2, -0.15) is 0 Å². The van der Waals surface area contributed by atoms with Crippen molar-refractivity contribution in [2.45, 2.75) is 19.8 Å². The van der Waals surface area contributed by atoms with Crippen LogP contribution in [0, 0.1) is 6.92 Å². The third-order valence-electron chi connectivity index (χ3n) is 3.53. The quantitative estimate of drug-likeness (QED) is 0.560. The van der Waals surface area contributed by atoms with Crippen molar-refractivity contribution in [3.63, 3.8) is 0 Å². The number of halogens is 1. The van der Waals surface area contributed by atoms with Crippen LogP contribution in [0.2, 0.25) is 5.02 Å². The van der Waals surface area contributed by atoms with Gasteiger partial charge in [-0.3, -0.25) is 19.3 Å². The van der Waals surface area contributed by atoms with Crippen LogP contribution in [-0.2, 0) is 19.1 Å². The third-order valence-corrected chi connectivity index (χ3v) is 3.76. The summed E-state index contributed by atoms with van der Waals surface area (Å²) in [5.74, 6) is -1.36. The van der Waals surface area contributed by atoms with E-state index >= 15 is 0 Å². The number of esters is 1. The Morgan fingerprint density at radius 1 is 1.36 bits per heavy atom. The van der Waals surface area contributed by atoms with Crippen molar-refractivity contribution in [3.05, 3.63) is 28.8 Å². The molecule has 1 aliphatic heterocycles. The van der Waals surface area contributed by atoms with Gasteiger partial charge in [0, 0.05) is 23.7 Å². The maximum Gasteiger partial charge on any atom is 0.324 e. The zero-order valence-corrected chi connectivity index (χ0v) is 14.4. The Balaban J connectivity index is 1.68. The molecular weight excluding hydrogens is 350 g/mol. The number of aryl methyl sites for hydroxylation is 1. The van der Waals surface area contributed by atoms with E-state index in [1.54, 1.807) is 25.1 Å². The second-order valence-electron chi connectivity index (χ2n) is 5.48. The van der Waals surface area contributed by atoms with Gasteiger partial charge in [0.2, 0.25) is 5.91 Å². The molecular formula is C16H18ClN3O5. The molecule has 0 spiro atoms. The van der Waals surface area contributed by atoms with Gasteiger partial charge in [-0.15, -0.1) is 0 Å². The summed E-state index contributed by atoms with van der Waals surface area (Å²) in [6.07, 6.45) is 0.278. The van der Waals surface area contributed by atoms with Crippen molar-refractivity contribution >= 4 is 41.1 Å². The second kappa shape index (κ2) is 8.48. The summed E-state index contributed by atoms with van der Waals surface area (Å²) in [5.41, 5.74) is 1.38. The lowest BCUT2D eigenvalue weighted by Gasteiger charge is -2.12. The van der Waals surface area contributed by atoms with Crippen molar-refractivity contribution in [3.8, 4) is 0 Å². The number of nitrogens with one attached hydrogen (secondary N) is 2. The molecule has 8 nitrogen and oxygen atoms in total. The molecule has 1 aliphatic rings. The van der Waals surface area contributed by atoms with Crippen molar-refractivity contribution in [2.24, 2.45) is 0 Å². The first-order valence-corrected chi connectivity index (χ1v) is 8.04. The number of urea groups is 1. The maximum absolute atomic E-state index is 11.8. The van der Waals surface area contributed by atoms with E-state index in [0.29, 0.717) is 10.7 Å². The monoisotopic (exact) mass is 367 g/mol. The van der Waals surface area contributed by atoms with E-state index in [2.05, 4.69) is 10.6 Å². The number of hydrogen-bond donors (Lipinski definition) is 2. The number of imide groups is 1. The Bertz CT molecular complexity index is 691. The smallest absolute Gasteiger partial charge is 0.324 e. The molecule has 134 valence electrons. The van der Waals surface area contributed by atoms with E-state index in [1.807, 2.05) is 0 Å². The van der Waals surface area contributed by atoms with Crippen LogP contribution in [0.25, 0.3) is 0 Å². The molecule has 0 unspecified atom stereocenters. The number of rotatable bonds is 7. The Morgan fingerprint density at radius 3 is 2.76 bits per heavy atom. The Labute approximate surface area is 149 Å². The maximum atomic E-state index is 11.8. The van der Waals surface area contributed by atoms with Gasteiger partial charge in [-0.05, 0) is 37.1 Å². The molecule has 1 saturated heterocycles. The normalized spacial score (nSPS) is 13.6. The van der Waals surface area contributed by atoms with Crippen molar-refractivity contribution < 1.29 is 23.9 Å². The predicted molar refractivity (Wildman–Crippen MR) is 90.1 cm³/mol. The molecule has 1 heterocycles. The van der Waals surface area contributed by atoms with Gasteiger partial charge in [-0.25, -0.2) is 4.79 Å². The van der Waals surface area contributed by atoms with Gasteiger partial charge in [0.25, 0.3) is 5.91 Å². The molecule has 2 rings (SSSR count). The molecule has 2 N–H and O–H groups in total. The predicted octanol–water partition coefficient (Wildman–Crippen LogP) is 1.46. The summed E-state index contributed by atoms with van der Waals surface area (Å²) >= 11 is 5.84. The zero-order valence-electron chi connectivity index (χ0n) is 13.6. The number of nitrogens with zero attached hydrogens (tertiary/aromatic N) is 1. The van der Waals surface area contributed by atoms with E-state index < -0.39 is 24.5 Å². The molecule has 9 heteroatoms. The minimum absolute atomic E-state index is 0.00428. The summed E-state index contributed by atoms with van der Waals surface area (Å²) in [5, 5.41) is 5.58. The Morgan fingerprint density at radius 2 is 2.12 bits per heavy atom. The number of anilines is 1. The van der Waals surface area contributed by atoms with Crippen LogP contribution in [0.1, 0.15) is 18.4 Å². The van der Waals surface area contributed by atoms with Crippen LogP contribution in [0.3, 0.4) is 0 Å². The number of ether oxygens (including phenoxy) is 1. The molecule has 1 aromatic carbocycles. The van der Waals surface area contributed by atoms with E-state index in [0.717, 1.165) is 10.5 Å². The lowest BCUT2D eigenvalue weighted by molar-refractivity contribution is -0.147. The van der Waals surface area contributed by atoms with Crippen LogP contribution in [0.4, 0.5) is 10.5 Å². The number of carbonyl (C=O) groups is 4. The van der Waals surface area contributed by atoms with Crippen LogP contribution < -0.4 is 10.6 Å². The van der Waals surface area contributed by atoms with Crippen molar-refractivity contribution in [2.75, 3.05) is 25.0 Å². The largest absolute Gasteiger partial charge is 0.456 e. The standard InChI is InChI=1S/C16H18ClN3O5/c1-10-7-11(17)4-5-12(10)19-13(21)9-25-15(23)3-2-6-20-14(22)8-18-16(20)24/h4-5,7H,2-3,6,8-9H2,1H3,(H,18,24)(H,19,21). The average molecular weight is 368 g/mol. The van der Waals surface area contributed by atoms with E-state index in [1.165, 1.54) is 0 Å². The lowest BCUT2D eigenvalue weighted by Crippen LogP contribution is -2.32. The highest BCUT2D eigenvalue weighted by Crippen LogP contribution is 2.19. The van der Waals surface area contributed by atoms with Gasteiger partial charge >= 0.3 is 12.0 Å². The molecule has 1 fully saturated rings. The minimum Gasteiger partial charge on any atom is -0.456 e. The highest BCUT2D eigenvalue weighted by atomic mass is 35.5. The Hall–Kier alpha value is -2.61. The molecule has 1 aromatic rings. The summed E-state index contributed by atoms with van der Waals surface area (Å²) in [7, 11) is 0. The van der Waals surface area contributed by atoms with E-state index in [4.69, 9.17) is 16.3 Å².